The fraction of sp³-hybridized carbons (Fsp3) is 0.276. The molecule has 4 rings (SSSR count). The lowest BCUT2D eigenvalue weighted by Gasteiger charge is -2.48. The Morgan fingerprint density at radius 2 is 1.57 bits per heavy atom. The minimum Gasteiger partial charge on any atom is -0.384 e. The number of nitrogens with zero attached hydrogens (tertiary/aromatic N) is 1. The first-order valence-electron chi connectivity index (χ1n) is 12.2. The van der Waals surface area contributed by atoms with Crippen LogP contribution in [0.5, 0.6) is 0 Å². The molecule has 1 heterocycles. The van der Waals surface area contributed by atoms with E-state index in [1.165, 1.54) is 0 Å². The number of hydrogen-bond acceptors (Lipinski definition) is 5. The van der Waals surface area contributed by atoms with Gasteiger partial charge in [-0.1, -0.05) is 60.7 Å². The van der Waals surface area contributed by atoms with Crippen LogP contribution in [0, 0.1) is 5.41 Å². The number of nitrogen functional groups attached to an aromatic ring is 1. The van der Waals surface area contributed by atoms with Gasteiger partial charge in [0, 0.05) is 29.3 Å². The van der Waals surface area contributed by atoms with Crippen LogP contribution < -0.4 is 11.1 Å². The summed E-state index contributed by atoms with van der Waals surface area (Å²) in [6, 6.07) is 26.3. The number of anilines is 1. The molecule has 2 atom stereocenters. The number of hydrogen-bond donors (Lipinski definition) is 4. The zero-order valence-corrected chi connectivity index (χ0v) is 20.9. The minimum absolute atomic E-state index is 0.0915. The van der Waals surface area contributed by atoms with E-state index < -0.39 is 29.6 Å². The number of aliphatic hydroxyl groups excluding tert-OH is 1. The maximum absolute atomic E-state index is 13.7. The lowest BCUT2D eigenvalue weighted by molar-refractivity contribution is -0.173. The summed E-state index contributed by atoms with van der Waals surface area (Å²) >= 11 is 0. The summed E-state index contributed by atoms with van der Waals surface area (Å²) in [4.78, 5) is 28.2. The lowest BCUT2D eigenvalue weighted by atomic mass is 9.75. The molecule has 0 aromatic heterocycles. The number of carbonyl (C=O) groups excluding carboxylic acids is 2. The van der Waals surface area contributed by atoms with Gasteiger partial charge in [-0.25, -0.2) is 0 Å². The molecule has 0 bridgehead atoms. The van der Waals surface area contributed by atoms with Crippen molar-refractivity contribution in [2.24, 2.45) is 5.73 Å². The smallest absolute Gasteiger partial charge is 0.256 e. The van der Waals surface area contributed by atoms with Crippen LogP contribution in [0.25, 0.3) is 0 Å². The molecule has 0 aliphatic carbocycles. The van der Waals surface area contributed by atoms with Gasteiger partial charge in [0.25, 0.3) is 11.8 Å². The van der Waals surface area contributed by atoms with Gasteiger partial charge in [-0.3, -0.25) is 15.0 Å². The summed E-state index contributed by atoms with van der Waals surface area (Å²) in [6.07, 6.45) is -3.04. The lowest BCUT2D eigenvalue weighted by Crippen LogP contribution is -2.62. The zero-order chi connectivity index (χ0) is 26.6. The van der Waals surface area contributed by atoms with Crippen LogP contribution >= 0.6 is 0 Å². The quantitative estimate of drug-likeness (QED) is 0.279. The number of ether oxygens (including phenoxy) is 1. The van der Waals surface area contributed by atoms with Crippen LogP contribution in [-0.4, -0.2) is 58.6 Å². The average molecular weight is 501 g/mol. The molecule has 37 heavy (non-hydrogen) atoms. The summed E-state index contributed by atoms with van der Waals surface area (Å²) in [7, 11) is 0. The summed E-state index contributed by atoms with van der Waals surface area (Å²) in [5.74, 6) is -1.44. The van der Waals surface area contributed by atoms with Gasteiger partial charge in [0.05, 0.1) is 6.61 Å². The van der Waals surface area contributed by atoms with Gasteiger partial charge in [-0.05, 0) is 49.2 Å². The highest BCUT2D eigenvalue weighted by Crippen LogP contribution is 2.40. The SMILES string of the molecule is CC(C)(C(c1ccccc1)c1ccccc1)N1CCO[C@H]([C@@H](O)C(=O)Nc2ccc(C(=N)N)cc2)C1=O. The van der Waals surface area contributed by atoms with Crippen LogP contribution in [0.1, 0.15) is 36.5 Å². The Labute approximate surface area is 216 Å². The van der Waals surface area contributed by atoms with Gasteiger partial charge in [-0.15, -0.1) is 0 Å². The van der Waals surface area contributed by atoms with Crippen LogP contribution in [0.15, 0.2) is 84.9 Å². The molecule has 192 valence electrons. The number of rotatable bonds is 8. The maximum atomic E-state index is 13.7. The first kappa shape index (κ1) is 26.1. The Morgan fingerprint density at radius 1 is 1.03 bits per heavy atom. The van der Waals surface area contributed by atoms with Gasteiger partial charge < -0.3 is 25.8 Å². The van der Waals surface area contributed by atoms with Crippen molar-refractivity contribution < 1.29 is 19.4 Å². The van der Waals surface area contributed by atoms with Crippen LogP contribution in [-0.2, 0) is 14.3 Å². The molecule has 8 nitrogen and oxygen atoms in total. The van der Waals surface area contributed by atoms with E-state index in [1.807, 2.05) is 74.5 Å². The Bertz CT molecular complexity index is 1210. The topological polar surface area (TPSA) is 129 Å². The van der Waals surface area contributed by atoms with Crippen molar-refractivity contribution in [2.45, 2.75) is 37.5 Å². The van der Waals surface area contributed by atoms with Crippen molar-refractivity contribution in [3.8, 4) is 0 Å². The second-order valence-electron chi connectivity index (χ2n) is 9.61. The van der Waals surface area contributed by atoms with Crippen molar-refractivity contribution in [2.75, 3.05) is 18.5 Å². The fourth-order valence-corrected chi connectivity index (χ4v) is 4.95. The van der Waals surface area contributed by atoms with E-state index >= 15 is 0 Å². The van der Waals surface area contributed by atoms with E-state index in [1.54, 1.807) is 29.2 Å². The van der Waals surface area contributed by atoms with Crippen LogP contribution in [0.3, 0.4) is 0 Å². The number of carbonyl (C=O) groups is 2. The molecular formula is C29H32N4O4. The number of amides is 2. The van der Waals surface area contributed by atoms with Gasteiger partial charge in [0.2, 0.25) is 0 Å². The summed E-state index contributed by atoms with van der Waals surface area (Å²) in [5.41, 5.74) is 7.80. The molecule has 0 radical (unpaired) electrons. The van der Waals surface area contributed by atoms with Crippen molar-refractivity contribution >= 4 is 23.3 Å². The van der Waals surface area contributed by atoms with Crippen molar-refractivity contribution in [3.63, 3.8) is 0 Å². The molecular weight excluding hydrogens is 468 g/mol. The molecule has 3 aromatic carbocycles. The van der Waals surface area contributed by atoms with E-state index in [0.29, 0.717) is 17.8 Å². The van der Waals surface area contributed by atoms with Gasteiger partial charge in [0.15, 0.2) is 12.2 Å². The number of aliphatic hydroxyl groups is 1. The van der Waals surface area contributed by atoms with E-state index in [2.05, 4.69) is 5.32 Å². The van der Waals surface area contributed by atoms with E-state index in [9.17, 15) is 14.7 Å². The van der Waals surface area contributed by atoms with E-state index in [4.69, 9.17) is 15.9 Å². The zero-order valence-electron chi connectivity index (χ0n) is 20.9. The highest BCUT2D eigenvalue weighted by Gasteiger charge is 2.47. The molecule has 0 saturated carbocycles. The second kappa shape index (κ2) is 10.9. The van der Waals surface area contributed by atoms with Crippen LogP contribution in [0.4, 0.5) is 5.69 Å². The third-order valence-electron chi connectivity index (χ3n) is 6.81. The van der Waals surface area contributed by atoms with Crippen molar-refractivity contribution in [1.29, 1.82) is 5.41 Å². The fourth-order valence-electron chi connectivity index (χ4n) is 4.95. The summed E-state index contributed by atoms with van der Waals surface area (Å²) in [6.45, 7) is 4.52. The molecule has 0 spiro atoms. The largest absolute Gasteiger partial charge is 0.384 e. The second-order valence-corrected chi connectivity index (χ2v) is 9.61. The number of morpholine rings is 1. The molecule has 8 heteroatoms. The first-order chi connectivity index (χ1) is 17.7. The summed E-state index contributed by atoms with van der Waals surface area (Å²) < 4.78 is 5.63. The molecule has 2 amide bonds. The Kier molecular flexibility index (Phi) is 7.71. The maximum Gasteiger partial charge on any atom is 0.256 e. The number of amidine groups is 1. The average Bonchev–Trinajstić information content (AvgIpc) is 2.90. The first-order valence-corrected chi connectivity index (χ1v) is 12.2. The molecule has 1 saturated heterocycles. The third-order valence-corrected chi connectivity index (χ3v) is 6.81. The van der Waals surface area contributed by atoms with Gasteiger partial charge in [0.1, 0.15) is 5.84 Å². The normalized spacial score (nSPS) is 16.9. The minimum atomic E-state index is -1.70. The van der Waals surface area contributed by atoms with Crippen LogP contribution in [0.2, 0.25) is 0 Å². The molecule has 1 aliphatic rings. The highest BCUT2D eigenvalue weighted by molar-refractivity contribution is 6.00. The number of nitrogens with two attached hydrogens (primary N) is 1. The molecule has 3 aromatic rings. The Balaban J connectivity index is 1.56. The monoisotopic (exact) mass is 500 g/mol. The van der Waals surface area contributed by atoms with E-state index in [0.717, 1.165) is 11.1 Å². The number of benzene rings is 3. The van der Waals surface area contributed by atoms with Crippen molar-refractivity contribution in [3.05, 3.63) is 102 Å². The van der Waals surface area contributed by atoms with Gasteiger partial charge >= 0.3 is 0 Å². The molecule has 5 N–H and O–H groups in total. The Morgan fingerprint density at radius 3 is 2.08 bits per heavy atom. The molecule has 0 unspecified atom stereocenters. The number of nitrogens with one attached hydrogen (secondary N) is 2. The van der Waals surface area contributed by atoms with Crippen molar-refractivity contribution in [1.82, 2.24) is 4.90 Å². The summed E-state index contributed by atoms with van der Waals surface area (Å²) in [5, 5.41) is 20.9. The third kappa shape index (κ3) is 5.55. The predicted molar refractivity (Wildman–Crippen MR) is 142 cm³/mol. The predicted octanol–water partition coefficient (Wildman–Crippen LogP) is 3.11. The Hall–Kier alpha value is -4.01. The molecule has 1 fully saturated rings. The van der Waals surface area contributed by atoms with Gasteiger partial charge in [-0.2, -0.15) is 0 Å². The standard InChI is InChI=1S/C29H32N4O4/c1-29(2,23(19-9-5-3-6-10-19)20-11-7-4-8-12-20)33-17-18-37-25(28(33)36)24(34)27(35)32-22-15-13-21(14-16-22)26(30)31/h3-16,23-25,34H,17-18H2,1-2H3,(H3,30,31)(H,32,35)/t24-,25-/m1/s1. The molecule has 1 aliphatic heterocycles. The highest BCUT2D eigenvalue weighted by atomic mass is 16.5. The van der Waals surface area contributed by atoms with E-state index in [-0.39, 0.29) is 18.4 Å².